The number of aliphatic carboxylic acids is 1. The largest absolute Gasteiger partial charge is 0.481 e. The molecule has 0 aromatic carbocycles. The fourth-order valence-corrected chi connectivity index (χ4v) is 2.29. The standard InChI is InChI=1S/C15H30O2/c1-3-5-7-8-9-11-14(10-6-4-2)12-13-15(16)17/h14H,3-13H2,1-2H3,(H,16,17). The molecule has 0 amide bonds. The summed E-state index contributed by atoms with van der Waals surface area (Å²) in [7, 11) is 0. The van der Waals surface area contributed by atoms with Crippen LogP contribution in [0.15, 0.2) is 0 Å². The first-order valence-electron chi connectivity index (χ1n) is 7.42. The average Bonchev–Trinajstić information content (AvgIpc) is 2.31. The Balaban J connectivity index is 3.64. The maximum absolute atomic E-state index is 10.6. The number of carbonyl (C=O) groups is 1. The zero-order chi connectivity index (χ0) is 12.9. The molecule has 0 aromatic heterocycles. The molecule has 1 N–H and O–H groups in total. The monoisotopic (exact) mass is 242 g/mol. The van der Waals surface area contributed by atoms with E-state index in [1.165, 1.54) is 57.8 Å². The molecule has 0 saturated heterocycles. The zero-order valence-electron chi connectivity index (χ0n) is 11.7. The van der Waals surface area contributed by atoms with Crippen LogP contribution in [-0.2, 0) is 4.79 Å². The summed E-state index contributed by atoms with van der Waals surface area (Å²) in [4.78, 5) is 10.6. The third kappa shape index (κ3) is 11.7. The number of rotatable bonds is 12. The topological polar surface area (TPSA) is 37.3 Å². The summed E-state index contributed by atoms with van der Waals surface area (Å²) in [6.45, 7) is 4.44. The highest BCUT2D eigenvalue weighted by Gasteiger charge is 2.10. The van der Waals surface area contributed by atoms with Crippen molar-refractivity contribution in [3.63, 3.8) is 0 Å². The lowest BCUT2D eigenvalue weighted by Gasteiger charge is -2.15. The van der Waals surface area contributed by atoms with Crippen LogP contribution in [0.5, 0.6) is 0 Å². The van der Waals surface area contributed by atoms with Crippen LogP contribution in [0.4, 0.5) is 0 Å². The van der Waals surface area contributed by atoms with E-state index in [2.05, 4.69) is 13.8 Å². The van der Waals surface area contributed by atoms with Crippen molar-refractivity contribution >= 4 is 5.97 Å². The Morgan fingerprint density at radius 1 is 0.882 bits per heavy atom. The second-order valence-corrected chi connectivity index (χ2v) is 5.14. The lowest BCUT2D eigenvalue weighted by atomic mass is 9.91. The predicted octanol–water partition coefficient (Wildman–Crippen LogP) is 5.02. The molecule has 0 aromatic rings. The van der Waals surface area contributed by atoms with Crippen LogP contribution in [0.1, 0.15) is 84.5 Å². The number of hydrogen-bond acceptors (Lipinski definition) is 1. The van der Waals surface area contributed by atoms with Crippen molar-refractivity contribution in [2.24, 2.45) is 5.92 Å². The molecule has 0 radical (unpaired) electrons. The molecular formula is C15H30O2. The van der Waals surface area contributed by atoms with Crippen molar-refractivity contribution in [3.8, 4) is 0 Å². The van der Waals surface area contributed by atoms with Gasteiger partial charge in [-0.05, 0) is 12.3 Å². The van der Waals surface area contributed by atoms with Crippen LogP contribution in [0, 0.1) is 5.92 Å². The van der Waals surface area contributed by atoms with Crippen molar-refractivity contribution in [2.45, 2.75) is 84.5 Å². The van der Waals surface area contributed by atoms with Gasteiger partial charge in [-0.2, -0.15) is 0 Å². The van der Waals surface area contributed by atoms with Gasteiger partial charge in [0.25, 0.3) is 0 Å². The minimum absolute atomic E-state index is 0.351. The number of carboxylic acids is 1. The Morgan fingerprint density at radius 3 is 2.06 bits per heavy atom. The van der Waals surface area contributed by atoms with E-state index in [0.29, 0.717) is 12.3 Å². The van der Waals surface area contributed by atoms with E-state index < -0.39 is 5.97 Å². The molecule has 2 nitrogen and oxygen atoms in total. The Hall–Kier alpha value is -0.530. The molecule has 0 heterocycles. The predicted molar refractivity (Wildman–Crippen MR) is 73.3 cm³/mol. The van der Waals surface area contributed by atoms with E-state index in [-0.39, 0.29) is 0 Å². The van der Waals surface area contributed by atoms with E-state index in [4.69, 9.17) is 5.11 Å². The first-order valence-corrected chi connectivity index (χ1v) is 7.42. The fourth-order valence-electron chi connectivity index (χ4n) is 2.29. The summed E-state index contributed by atoms with van der Waals surface area (Å²) in [5.41, 5.74) is 0. The van der Waals surface area contributed by atoms with Gasteiger partial charge in [-0.3, -0.25) is 4.79 Å². The van der Waals surface area contributed by atoms with Gasteiger partial charge < -0.3 is 5.11 Å². The smallest absolute Gasteiger partial charge is 0.303 e. The molecule has 102 valence electrons. The second-order valence-electron chi connectivity index (χ2n) is 5.14. The molecule has 0 spiro atoms. The van der Waals surface area contributed by atoms with Gasteiger partial charge in [0, 0.05) is 6.42 Å². The highest BCUT2D eigenvalue weighted by Crippen LogP contribution is 2.22. The van der Waals surface area contributed by atoms with Gasteiger partial charge >= 0.3 is 5.97 Å². The van der Waals surface area contributed by atoms with Crippen molar-refractivity contribution in [2.75, 3.05) is 0 Å². The molecule has 0 fully saturated rings. The Kier molecular flexibility index (Phi) is 11.6. The SMILES string of the molecule is CCCCCCCC(CCCC)CCC(=O)O. The minimum Gasteiger partial charge on any atom is -0.481 e. The normalized spacial score (nSPS) is 12.6. The summed E-state index contributed by atoms with van der Waals surface area (Å²) < 4.78 is 0. The zero-order valence-corrected chi connectivity index (χ0v) is 11.7. The maximum Gasteiger partial charge on any atom is 0.303 e. The van der Waals surface area contributed by atoms with Gasteiger partial charge in [-0.25, -0.2) is 0 Å². The molecule has 0 bridgehead atoms. The highest BCUT2D eigenvalue weighted by molar-refractivity contribution is 5.66. The summed E-state index contributed by atoms with van der Waals surface area (Å²) in [6.07, 6.45) is 12.7. The molecule has 17 heavy (non-hydrogen) atoms. The third-order valence-corrected chi connectivity index (χ3v) is 3.45. The highest BCUT2D eigenvalue weighted by atomic mass is 16.4. The molecule has 0 aliphatic carbocycles. The van der Waals surface area contributed by atoms with Crippen molar-refractivity contribution in [1.29, 1.82) is 0 Å². The lowest BCUT2D eigenvalue weighted by Crippen LogP contribution is -2.05. The van der Waals surface area contributed by atoms with E-state index >= 15 is 0 Å². The quantitative estimate of drug-likeness (QED) is 0.488. The van der Waals surface area contributed by atoms with Gasteiger partial charge in [-0.1, -0.05) is 71.6 Å². The van der Waals surface area contributed by atoms with Crippen LogP contribution in [0.25, 0.3) is 0 Å². The van der Waals surface area contributed by atoms with E-state index in [1.54, 1.807) is 0 Å². The van der Waals surface area contributed by atoms with Crippen molar-refractivity contribution in [1.82, 2.24) is 0 Å². The molecule has 0 rings (SSSR count). The summed E-state index contributed by atoms with van der Waals surface area (Å²) in [6, 6.07) is 0. The van der Waals surface area contributed by atoms with Gasteiger partial charge in [0.1, 0.15) is 0 Å². The molecule has 2 heteroatoms. The number of unbranched alkanes of at least 4 members (excludes halogenated alkanes) is 5. The molecule has 1 unspecified atom stereocenters. The van der Waals surface area contributed by atoms with Crippen LogP contribution >= 0.6 is 0 Å². The Bertz CT molecular complexity index is 178. The van der Waals surface area contributed by atoms with E-state index in [9.17, 15) is 4.79 Å². The van der Waals surface area contributed by atoms with Crippen LogP contribution in [0.2, 0.25) is 0 Å². The second kappa shape index (κ2) is 11.9. The summed E-state index contributed by atoms with van der Waals surface area (Å²) in [5, 5.41) is 8.73. The molecule has 0 aliphatic heterocycles. The summed E-state index contributed by atoms with van der Waals surface area (Å²) in [5.74, 6) is 0.00478. The van der Waals surface area contributed by atoms with Gasteiger partial charge in [0.2, 0.25) is 0 Å². The molecule has 0 aliphatic rings. The van der Waals surface area contributed by atoms with Gasteiger partial charge in [0.05, 0.1) is 0 Å². The Labute approximate surface area is 107 Å². The number of hydrogen-bond donors (Lipinski definition) is 1. The van der Waals surface area contributed by atoms with Crippen LogP contribution in [-0.4, -0.2) is 11.1 Å². The Morgan fingerprint density at radius 2 is 1.47 bits per heavy atom. The van der Waals surface area contributed by atoms with E-state index in [0.717, 1.165) is 6.42 Å². The molecule has 0 saturated carbocycles. The van der Waals surface area contributed by atoms with Gasteiger partial charge in [-0.15, -0.1) is 0 Å². The van der Waals surface area contributed by atoms with Crippen LogP contribution < -0.4 is 0 Å². The van der Waals surface area contributed by atoms with Crippen molar-refractivity contribution in [3.05, 3.63) is 0 Å². The van der Waals surface area contributed by atoms with Gasteiger partial charge in [0.15, 0.2) is 0 Å². The average molecular weight is 242 g/mol. The minimum atomic E-state index is -0.641. The van der Waals surface area contributed by atoms with Crippen LogP contribution in [0.3, 0.4) is 0 Å². The molecule has 1 atom stereocenters. The first kappa shape index (κ1) is 16.5. The van der Waals surface area contributed by atoms with Crippen molar-refractivity contribution < 1.29 is 9.90 Å². The maximum atomic E-state index is 10.6. The number of carboxylic acid groups (broad SMARTS) is 1. The van der Waals surface area contributed by atoms with E-state index in [1.807, 2.05) is 0 Å². The summed E-state index contributed by atoms with van der Waals surface area (Å²) >= 11 is 0. The third-order valence-electron chi connectivity index (χ3n) is 3.45. The fraction of sp³-hybridized carbons (Fsp3) is 0.933. The first-order chi connectivity index (χ1) is 8.20. The molecular weight excluding hydrogens is 212 g/mol. The lowest BCUT2D eigenvalue weighted by molar-refractivity contribution is -0.137.